The maximum Gasteiger partial charge on any atom is 0.254 e. The van der Waals surface area contributed by atoms with Crippen molar-refractivity contribution in [3.8, 4) is 0 Å². The number of hydrogen-bond donors (Lipinski definition) is 1. The number of nitrogens with zero attached hydrogens (tertiary/aromatic N) is 1. The number of carbonyl (C=O) groups is 1. The van der Waals surface area contributed by atoms with E-state index in [4.69, 9.17) is 5.73 Å². The van der Waals surface area contributed by atoms with Gasteiger partial charge in [0.2, 0.25) is 0 Å². The predicted octanol–water partition coefficient (Wildman–Crippen LogP) is 2.72. The largest absolute Gasteiger partial charge is 0.334 e. The molecule has 0 aromatic heterocycles. The minimum atomic E-state index is -0.318. The van der Waals surface area contributed by atoms with E-state index in [0.29, 0.717) is 24.2 Å². The highest BCUT2D eigenvalue weighted by Gasteiger charge is 2.22. The highest BCUT2D eigenvalue weighted by molar-refractivity contribution is 5.95. The van der Waals surface area contributed by atoms with Crippen molar-refractivity contribution in [1.82, 2.24) is 4.90 Å². The number of benzene rings is 1. The standard InChI is InChI=1S/C15H23FN2O/c1-4-13(5-2)18(9-8-17)15(19)14-7-6-12(16)10-11(14)3/h6-7,10,13H,4-5,8-9,17H2,1-3H3. The average molecular weight is 266 g/mol. The van der Waals surface area contributed by atoms with E-state index in [9.17, 15) is 9.18 Å². The van der Waals surface area contributed by atoms with Gasteiger partial charge in [-0.1, -0.05) is 13.8 Å². The van der Waals surface area contributed by atoms with E-state index in [1.807, 2.05) is 0 Å². The maximum absolute atomic E-state index is 13.1. The summed E-state index contributed by atoms with van der Waals surface area (Å²) in [6.07, 6.45) is 1.78. The third-order valence-corrected chi connectivity index (χ3v) is 3.43. The summed E-state index contributed by atoms with van der Waals surface area (Å²) in [5, 5.41) is 0. The fraction of sp³-hybridized carbons (Fsp3) is 0.533. The van der Waals surface area contributed by atoms with E-state index in [-0.39, 0.29) is 17.8 Å². The third-order valence-electron chi connectivity index (χ3n) is 3.43. The molecule has 1 amide bonds. The fourth-order valence-corrected chi connectivity index (χ4v) is 2.34. The Morgan fingerprint density at radius 2 is 2.00 bits per heavy atom. The van der Waals surface area contributed by atoms with Crippen molar-refractivity contribution in [3.63, 3.8) is 0 Å². The van der Waals surface area contributed by atoms with Crippen LogP contribution in [0.5, 0.6) is 0 Å². The Hall–Kier alpha value is -1.42. The summed E-state index contributed by atoms with van der Waals surface area (Å²) in [5.41, 5.74) is 6.82. The van der Waals surface area contributed by atoms with Gasteiger partial charge in [-0.15, -0.1) is 0 Å². The molecule has 0 saturated carbocycles. The number of rotatable bonds is 6. The van der Waals surface area contributed by atoms with Crippen LogP contribution in [0.4, 0.5) is 4.39 Å². The monoisotopic (exact) mass is 266 g/mol. The van der Waals surface area contributed by atoms with Crippen LogP contribution >= 0.6 is 0 Å². The van der Waals surface area contributed by atoms with E-state index >= 15 is 0 Å². The molecule has 0 heterocycles. The van der Waals surface area contributed by atoms with Gasteiger partial charge in [0.1, 0.15) is 5.82 Å². The first kappa shape index (κ1) is 15.6. The molecule has 106 valence electrons. The first-order valence-electron chi connectivity index (χ1n) is 6.82. The second-order valence-corrected chi connectivity index (χ2v) is 4.72. The van der Waals surface area contributed by atoms with Crippen LogP contribution in [0.3, 0.4) is 0 Å². The van der Waals surface area contributed by atoms with Crippen LogP contribution in [0, 0.1) is 12.7 Å². The second-order valence-electron chi connectivity index (χ2n) is 4.72. The van der Waals surface area contributed by atoms with Gasteiger partial charge in [0.25, 0.3) is 5.91 Å². The van der Waals surface area contributed by atoms with Gasteiger partial charge < -0.3 is 10.6 Å². The molecule has 0 saturated heterocycles. The van der Waals surface area contributed by atoms with Gasteiger partial charge in [-0.05, 0) is 43.5 Å². The van der Waals surface area contributed by atoms with Gasteiger partial charge in [0, 0.05) is 24.7 Å². The Morgan fingerprint density at radius 1 is 1.37 bits per heavy atom. The Bertz CT molecular complexity index is 430. The maximum atomic E-state index is 13.1. The fourth-order valence-electron chi connectivity index (χ4n) is 2.34. The van der Waals surface area contributed by atoms with Crippen molar-refractivity contribution < 1.29 is 9.18 Å². The SMILES string of the molecule is CCC(CC)N(CCN)C(=O)c1ccc(F)cc1C. The minimum absolute atomic E-state index is 0.0587. The third kappa shape index (κ3) is 3.77. The predicted molar refractivity (Wildman–Crippen MR) is 75.6 cm³/mol. The zero-order chi connectivity index (χ0) is 14.4. The summed E-state index contributed by atoms with van der Waals surface area (Å²) in [6.45, 7) is 6.83. The quantitative estimate of drug-likeness (QED) is 0.860. The number of hydrogen-bond acceptors (Lipinski definition) is 2. The number of amides is 1. The Labute approximate surface area is 114 Å². The van der Waals surface area contributed by atoms with Gasteiger partial charge in [-0.3, -0.25) is 4.79 Å². The summed E-state index contributed by atoms with van der Waals surface area (Å²) in [4.78, 5) is 14.4. The average Bonchev–Trinajstić information content (AvgIpc) is 2.38. The normalized spacial score (nSPS) is 10.8. The van der Waals surface area contributed by atoms with E-state index in [1.54, 1.807) is 17.9 Å². The molecule has 3 nitrogen and oxygen atoms in total. The van der Waals surface area contributed by atoms with Gasteiger partial charge in [0.15, 0.2) is 0 Å². The molecule has 0 fully saturated rings. The molecule has 1 aromatic carbocycles. The molecule has 0 aliphatic carbocycles. The van der Waals surface area contributed by atoms with Crippen LogP contribution in [0.25, 0.3) is 0 Å². The van der Waals surface area contributed by atoms with Crippen LogP contribution in [0.15, 0.2) is 18.2 Å². The highest BCUT2D eigenvalue weighted by atomic mass is 19.1. The number of halogens is 1. The lowest BCUT2D eigenvalue weighted by Gasteiger charge is -2.30. The van der Waals surface area contributed by atoms with Crippen molar-refractivity contribution in [3.05, 3.63) is 35.1 Å². The molecule has 1 rings (SSSR count). The summed E-state index contributed by atoms with van der Waals surface area (Å²) in [7, 11) is 0. The molecule has 0 atom stereocenters. The Balaban J connectivity index is 3.04. The first-order valence-corrected chi connectivity index (χ1v) is 6.82. The lowest BCUT2D eigenvalue weighted by Crippen LogP contribution is -2.43. The van der Waals surface area contributed by atoms with Crippen LogP contribution in [0.1, 0.15) is 42.6 Å². The van der Waals surface area contributed by atoms with Crippen molar-refractivity contribution >= 4 is 5.91 Å². The van der Waals surface area contributed by atoms with Crippen LogP contribution < -0.4 is 5.73 Å². The van der Waals surface area contributed by atoms with Gasteiger partial charge in [0.05, 0.1) is 0 Å². The molecule has 0 aliphatic rings. The Kier molecular flexibility index (Phi) is 5.96. The van der Waals surface area contributed by atoms with Crippen molar-refractivity contribution in [1.29, 1.82) is 0 Å². The van der Waals surface area contributed by atoms with Gasteiger partial charge in [-0.25, -0.2) is 4.39 Å². The Morgan fingerprint density at radius 3 is 2.47 bits per heavy atom. The highest BCUT2D eigenvalue weighted by Crippen LogP contribution is 2.17. The first-order chi connectivity index (χ1) is 9.04. The van der Waals surface area contributed by atoms with E-state index in [0.717, 1.165) is 12.8 Å². The zero-order valence-electron chi connectivity index (χ0n) is 11.9. The minimum Gasteiger partial charge on any atom is -0.334 e. The molecular formula is C15H23FN2O. The van der Waals surface area contributed by atoms with Gasteiger partial charge >= 0.3 is 0 Å². The molecule has 0 spiro atoms. The van der Waals surface area contributed by atoms with Gasteiger partial charge in [-0.2, -0.15) is 0 Å². The van der Waals surface area contributed by atoms with E-state index < -0.39 is 0 Å². The lowest BCUT2D eigenvalue weighted by atomic mass is 10.0. The van der Waals surface area contributed by atoms with E-state index in [1.165, 1.54) is 12.1 Å². The van der Waals surface area contributed by atoms with Crippen molar-refractivity contribution in [2.75, 3.05) is 13.1 Å². The number of aryl methyl sites for hydroxylation is 1. The lowest BCUT2D eigenvalue weighted by molar-refractivity contribution is 0.0673. The molecule has 4 heteroatoms. The second kappa shape index (κ2) is 7.24. The van der Waals surface area contributed by atoms with Crippen molar-refractivity contribution in [2.45, 2.75) is 39.7 Å². The molecule has 2 N–H and O–H groups in total. The summed E-state index contributed by atoms with van der Waals surface area (Å²) >= 11 is 0. The molecule has 0 radical (unpaired) electrons. The topological polar surface area (TPSA) is 46.3 Å². The summed E-state index contributed by atoms with van der Waals surface area (Å²) in [5.74, 6) is -0.376. The summed E-state index contributed by atoms with van der Waals surface area (Å²) in [6, 6.07) is 4.45. The number of nitrogens with two attached hydrogens (primary N) is 1. The molecule has 1 aromatic rings. The molecule has 0 aliphatic heterocycles. The molecular weight excluding hydrogens is 243 g/mol. The van der Waals surface area contributed by atoms with Crippen LogP contribution in [0.2, 0.25) is 0 Å². The molecule has 19 heavy (non-hydrogen) atoms. The zero-order valence-corrected chi connectivity index (χ0v) is 11.9. The molecule has 0 bridgehead atoms. The van der Waals surface area contributed by atoms with Crippen LogP contribution in [-0.2, 0) is 0 Å². The van der Waals surface area contributed by atoms with E-state index in [2.05, 4.69) is 13.8 Å². The van der Waals surface area contributed by atoms with Crippen LogP contribution in [-0.4, -0.2) is 29.9 Å². The van der Waals surface area contributed by atoms with Crippen molar-refractivity contribution in [2.24, 2.45) is 5.73 Å². The smallest absolute Gasteiger partial charge is 0.254 e. The number of carbonyl (C=O) groups excluding carboxylic acids is 1. The molecule has 0 unspecified atom stereocenters. The summed E-state index contributed by atoms with van der Waals surface area (Å²) < 4.78 is 13.1.